The van der Waals surface area contributed by atoms with Crippen molar-refractivity contribution in [3.05, 3.63) is 0 Å². The Kier molecular flexibility index (Phi) is 9.84. The normalized spacial score (nSPS) is 13.0. The smallest absolute Gasteiger partial charge is 0.00965 e. The largest absolute Gasteiger partial charge is 0.312 e. The van der Waals surface area contributed by atoms with Gasteiger partial charge in [-0.1, -0.05) is 21.6 Å². The van der Waals surface area contributed by atoms with Crippen LogP contribution in [0.4, 0.5) is 0 Å². The van der Waals surface area contributed by atoms with Gasteiger partial charge in [0.25, 0.3) is 0 Å². The summed E-state index contributed by atoms with van der Waals surface area (Å²) in [5.41, 5.74) is 0.521. The van der Waals surface area contributed by atoms with E-state index in [1.807, 2.05) is 21.6 Å². The van der Waals surface area contributed by atoms with Crippen LogP contribution in [-0.2, 0) is 0 Å². The highest BCUT2D eigenvalue weighted by Gasteiger charge is 2.07. The summed E-state index contributed by atoms with van der Waals surface area (Å²) in [6, 6.07) is 0. The Bertz CT molecular complexity index is 173. The Labute approximate surface area is 122 Å². The molecule has 0 fully saturated rings. The highest BCUT2D eigenvalue weighted by Crippen LogP contribution is 2.22. The molecule has 0 radical (unpaired) electrons. The van der Waals surface area contributed by atoms with Crippen LogP contribution in [0.1, 0.15) is 54.4 Å². The molecule has 0 amide bonds. The molecule has 110 valence electrons. The molecule has 0 aliphatic rings. The van der Waals surface area contributed by atoms with E-state index in [0.717, 1.165) is 13.1 Å². The molecule has 0 unspecified atom stereocenters. The Hall–Kier alpha value is 0.620. The molecular weight excluding hydrogens is 260 g/mol. The zero-order valence-electron chi connectivity index (χ0n) is 13.1. The second-order valence-electron chi connectivity index (χ2n) is 6.70. The van der Waals surface area contributed by atoms with Gasteiger partial charge in [0.1, 0.15) is 0 Å². The van der Waals surface area contributed by atoms with Crippen molar-refractivity contribution < 1.29 is 0 Å². The third-order valence-corrected chi connectivity index (χ3v) is 4.78. The van der Waals surface area contributed by atoms with Crippen LogP contribution in [0.5, 0.6) is 0 Å². The van der Waals surface area contributed by atoms with Crippen molar-refractivity contribution >= 4 is 21.6 Å². The summed E-state index contributed by atoms with van der Waals surface area (Å²) in [6.45, 7) is 15.6. The Morgan fingerprint density at radius 1 is 0.667 bits per heavy atom. The fourth-order valence-electron chi connectivity index (χ4n) is 1.31. The SMILES string of the molecule is CC(C)(C)NCCCSSCCCNC(C)(C)C. The lowest BCUT2D eigenvalue weighted by molar-refractivity contribution is 0.427. The number of nitrogens with one attached hydrogen (secondary N) is 2. The third kappa shape index (κ3) is 16.6. The van der Waals surface area contributed by atoms with Crippen LogP contribution in [-0.4, -0.2) is 35.7 Å². The van der Waals surface area contributed by atoms with Crippen molar-refractivity contribution in [2.24, 2.45) is 0 Å². The summed E-state index contributed by atoms with van der Waals surface area (Å²) in [6.07, 6.45) is 2.52. The maximum Gasteiger partial charge on any atom is 0.00965 e. The molecule has 4 heteroatoms. The van der Waals surface area contributed by atoms with E-state index >= 15 is 0 Å². The van der Waals surface area contributed by atoms with E-state index < -0.39 is 0 Å². The zero-order chi connectivity index (χ0) is 14.1. The van der Waals surface area contributed by atoms with E-state index in [-0.39, 0.29) is 11.1 Å². The van der Waals surface area contributed by atoms with Crippen LogP contribution in [0.3, 0.4) is 0 Å². The first-order chi connectivity index (χ1) is 8.21. The first kappa shape index (κ1) is 18.6. The lowest BCUT2D eigenvalue weighted by atomic mass is 10.1. The zero-order valence-corrected chi connectivity index (χ0v) is 14.7. The molecule has 18 heavy (non-hydrogen) atoms. The molecule has 2 nitrogen and oxygen atoms in total. The van der Waals surface area contributed by atoms with Crippen LogP contribution < -0.4 is 10.6 Å². The summed E-state index contributed by atoms with van der Waals surface area (Å²) < 4.78 is 0. The van der Waals surface area contributed by atoms with Gasteiger partial charge in [0.2, 0.25) is 0 Å². The molecule has 0 rings (SSSR count). The molecule has 0 aromatic carbocycles. The first-order valence-electron chi connectivity index (χ1n) is 6.95. The topological polar surface area (TPSA) is 24.1 Å². The van der Waals surface area contributed by atoms with Crippen LogP contribution in [0.25, 0.3) is 0 Å². The van der Waals surface area contributed by atoms with Crippen molar-refractivity contribution in [1.82, 2.24) is 10.6 Å². The molecule has 0 spiro atoms. The van der Waals surface area contributed by atoms with E-state index in [1.54, 1.807) is 0 Å². The van der Waals surface area contributed by atoms with Gasteiger partial charge in [-0.3, -0.25) is 0 Å². The molecule has 0 heterocycles. The molecule has 0 saturated carbocycles. The second-order valence-corrected chi connectivity index (χ2v) is 9.41. The summed E-state index contributed by atoms with van der Waals surface area (Å²) in [4.78, 5) is 0. The predicted molar refractivity (Wildman–Crippen MR) is 89.7 cm³/mol. The second kappa shape index (κ2) is 9.51. The minimum absolute atomic E-state index is 0.260. The average molecular weight is 293 g/mol. The Morgan fingerprint density at radius 2 is 1.00 bits per heavy atom. The van der Waals surface area contributed by atoms with Crippen molar-refractivity contribution in [3.63, 3.8) is 0 Å². The standard InChI is InChI=1S/C14H32N2S2/c1-13(2,3)15-9-7-11-17-18-12-8-10-16-14(4,5)6/h15-16H,7-12H2,1-6H3. The van der Waals surface area contributed by atoms with Crippen molar-refractivity contribution in [2.45, 2.75) is 65.5 Å². The molecule has 0 aromatic rings. The van der Waals surface area contributed by atoms with Crippen LogP contribution in [0, 0.1) is 0 Å². The lowest BCUT2D eigenvalue weighted by Crippen LogP contribution is -2.36. The fraction of sp³-hybridized carbons (Fsp3) is 1.00. The summed E-state index contributed by atoms with van der Waals surface area (Å²) in [5.74, 6) is 2.50. The molecule has 0 atom stereocenters. The van der Waals surface area contributed by atoms with E-state index in [2.05, 4.69) is 52.2 Å². The molecule has 0 saturated heterocycles. The van der Waals surface area contributed by atoms with Gasteiger partial charge in [-0.05, 0) is 67.5 Å². The fourth-order valence-corrected chi connectivity index (χ4v) is 3.48. The first-order valence-corrected chi connectivity index (χ1v) is 9.44. The van der Waals surface area contributed by atoms with Crippen LogP contribution in [0.15, 0.2) is 0 Å². The van der Waals surface area contributed by atoms with Gasteiger partial charge in [0.05, 0.1) is 0 Å². The van der Waals surface area contributed by atoms with E-state index in [4.69, 9.17) is 0 Å². The van der Waals surface area contributed by atoms with Gasteiger partial charge in [0, 0.05) is 22.6 Å². The summed E-state index contributed by atoms with van der Waals surface area (Å²) in [5, 5.41) is 7.03. The molecule has 0 aromatic heterocycles. The van der Waals surface area contributed by atoms with Crippen LogP contribution >= 0.6 is 21.6 Å². The summed E-state index contributed by atoms with van der Waals surface area (Å²) in [7, 11) is 4.02. The maximum absolute atomic E-state index is 3.52. The predicted octanol–water partition coefficient (Wildman–Crippen LogP) is 3.92. The third-order valence-electron chi connectivity index (χ3n) is 2.20. The Balaban J connectivity index is 3.13. The van der Waals surface area contributed by atoms with Crippen LogP contribution in [0.2, 0.25) is 0 Å². The van der Waals surface area contributed by atoms with E-state index in [9.17, 15) is 0 Å². The van der Waals surface area contributed by atoms with Gasteiger partial charge < -0.3 is 10.6 Å². The van der Waals surface area contributed by atoms with E-state index in [1.165, 1.54) is 24.3 Å². The van der Waals surface area contributed by atoms with Crippen molar-refractivity contribution in [1.29, 1.82) is 0 Å². The molecule has 2 N–H and O–H groups in total. The summed E-state index contributed by atoms with van der Waals surface area (Å²) >= 11 is 0. The Morgan fingerprint density at radius 3 is 1.28 bits per heavy atom. The monoisotopic (exact) mass is 292 g/mol. The van der Waals surface area contributed by atoms with Gasteiger partial charge in [-0.2, -0.15) is 0 Å². The minimum atomic E-state index is 0.260. The van der Waals surface area contributed by atoms with Gasteiger partial charge in [-0.25, -0.2) is 0 Å². The van der Waals surface area contributed by atoms with E-state index in [0.29, 0.717) is 0 Å². The molecule has 0 bridgehead atoms. The van der Waals surface area contributed by atoms with Gasteiger partial charge in [-0.15, -0.1) is 0 Å². The highest BCUT2D eigenvalue weighted by molar-refractivity contribution is 8.76. The average Bonchev–Trinajstić information content (AvgIpc) is 2.17. The van der Waals surface area contributed by atoms with Crippen molar-refractivity contribution in [2.75, 3.05) is 24.6 Å². The van der Waals surface area contributed by atoms with Gasteiger partial charge in [0.15, 0.2) is 0 Å². The number of hydrogen-bond donors (Lipinski definition) is 2. The van der Waals surface area contributed by atoms with Gasteiger partial charge >= 0.3 is 0 Å². The molecular formula is C14H32N2S2. The molecule has 0 aliphatic carbocycles. The highest BCUT2D eigenvalue weighted by atomic mass is 33.1. The molecule has 0 aliphatic heterocycles. The quantitative estimate of drug-likeness (QED) is 0.497. The minimum Gasteiger partial charge on any atom is -0.312 e. The maximum atomic E-state index is 3.52. The number of rotatable bonds is 9. The lowest BCUT2D eigenvalue weighted by Gasteiger charge is -2.20. The van der Waals surface area contributed by atoms with Crippen molar-refractivity contribution in [3.8, 4) is 0 Å². The number of hydrogen-bond acceptors (Lipinski definition) is 4.